The summed E-state index contributed by atoms with van der Waals surface area (Å²) in [6, 6.07) is 9.95. The van der Waals surface area contributed by atoms with E-state index in [0.717, 1.165) is 24.3 Å². The lowest BCUT2D eigenvalue weighted by Crippen LogP contribution is -2.36. The standard InChI is InChI=1S/C19H22ClFN4O2/c1-26-18-5-3-15(11-16(18)20)24-19(22)23-12-13-10-14(21)2-4-17(13)25-6-8-27-9-7-25/h2-5,10-11H,6-9,12H2,1H3,(H3,22,23,24). The molecule has 2 aromatic carbocycles. The maximum absolute atomic E-state index is 13.7. The summed E-state index contributed by atoms with van der Waals surface area (Å²) in [4.78, 5) is 6.51. The molecule has 1 aliphatic rings. The third-order valence-electron chi connectivity index (χ3n) is 4.24. The zero-order valence-electron chi connectivity index (χ0n) is 15.0. The van der Waals surface area contributed by atoms with Crippen molar-refractivity contribution in [2.45, 2.75) is 6.54 Å². The molecule has 27 heavy (non-hydrogen) atoms. The number of halogens is 2. The predicted molar refractivity (Wildman–Crippen MR) is 106 cm³/mol. The van der Waals surface area contributed by atoms with Crippen molar-refractivity contribution in [3.63, 3.8) is 0 Å². The van der Waals surface area contributed by atoms with Gasteiger partial charge in [0.2, 0.25) is 0 Å². The van der Waals surface area contributed by atoms with E-state index in [1.54, 1.807) is 31.4 Å². The number of aliphatic imine (C=N–C) groups is 1. The maximum Gasteiger partial charge on any atom is 0.193 e. The Kier molecular flexibility index (Phi) is 6.36. The van der Waals surface area contributed by atoms with Gasteiger partial charge in [0.1, 0.15) is 11.6 Å². The molecule has 0 unspecified atom stereocenters. The SMILES string of the molecule is COc1ccc(NC(N)=NCc2cc(F)ccc2N2CCOCC2)cc1Cl. The summed E-state index contributed by atoms with van der Waals surface area (Å²) in [5, 5.41) is 3.45. The number of benzene rings is 2. The van der Waals surface area contributed by atoms with Crippen molar-refractivity contribution < 1.29 is 13.9 Å². The molecule has 0 spiro atoms. The van der Waals surface area contributed by atoms with Gasteiger partial charge in [-0.15, -0.1) is 0 Å². The fourth-order valence-corrected chi connectivity index (χ4v) is 3.15. The molecule has 0 amide bonds. The van der Waals surface area contributed by atoms with Crippen LogP contribution in [0.2, 0.25) is 5.02 Å². The molecule has 144 valence electrons. The van der Waals surface area contributed by atoms with Crippen LogP contribution in [-0.4, -0.2) is 39.4 Å². The minimum Gasteiger partial charge on any atom is -0.495 e. The van der Waals surface area contributed by atoms with E-state index >= 15 is 0 Å². The molecule has 0 radical (unpaired) electrons. The maximum atomic E-state index is 13.7. The second kappa shape index (κ2) is 8.92. The molecule has 3 N–H and O–H groups in total. The quantitative estimate of drug-likeness (QED) is 0.603. The minimum atomic E-state index is -0.300. The van der Waals surface area contributed by atoms with Gasteiger partial charge in [0.05, 0.1) is 31.9 Å². The van der Waals surface area contributed by atoms with Crippen molar-refractivity contribution in [2.24, 2.45) is 10.7 Å². The molecule has 2 aromatic rings. The highest BCUT2D eigenvalue weighted by molar-refractivity contribution is 6.32. The molecular weight excluding hydrogens is 371 g/mol. The van der Waals surface area contributed by atoms with E-state index in [-0.39, 0.29) is 18.3 Å². The van der Waals surface area contributed by atoms with Crippen LogP contribution in [0.3, 0.4) is 0 Å². The van der Waals surface area contributed by atoms with Gasteiger partial charge in [0.25, 0.3) is 0 Å². The number of hydrogen-bond acceptors (Lipinski definition) is 4. The molecule has 1 fully saturated rings. The van der Waals surface area contributed by atoms with Crippen LogP contribution in [-0.2, 0) is 11.3 Å². The Morgan fingerprint density at radius 1 is 1.30 bits per heavy atom. The number of ether oxygens (including phenoxy) is 2. The highest BCUT2D eigenvalue weighted by atomic mass is 35.5. The lowest BCUT2D eigenvalue weighted by atomic mass is 10.1. The van der Waals surface area contributed by atoms with Crippen molar-refractivity contribution in [2.75, 3.05) is 43.6 Å². The van der Waals surface area contributed by atoms with Crippen molar-refractivity contribution in [1.82, 2.24) is 0 Å². The average Bonchev–Trinajstić information content (AvgIpc) is 2.67. The van der Waals surface area contributed by atoms with Crippen LogP contribution in [0.1, 0.15) is 5.56 Å². The van der Waals surface area contributed by atoms with Gasteiger partial charge in [-0.25, -0.2) is 9.38 Å². The lowest BCUT2D eigenvalue weighted by molar-refractivity contribution is 0.122. The van der Waals surface area contributed by atoms with Gasteiger partial charge in [0.15, 0.2) is 5.96 Å². The highest BCUT2D eigenvalue weighted by Gasteiger charge is 2.15. The van der Waals surface area contributed by atoms with Crippen LogP contribution in [0.25, 0.3) is 0 Å². The smallest absolute Gasteiger partial charge is 0.193 e. The Labute approximate surface area is 162 Å². The summed E-state index contributed by atoms with van der Waals surface area (Å²) in [6.07, 6.45) is 0. The average molecular weight is 393 g/mol. The van der Waals surface area contributed by atoms with Crippen molar-refractivity contribution in [1.29, 1.82) is 0 Å². The number of anilines is 2. The molecular formula is C19H22ClFN4O2. The first-order valence-electron chi connectivity index (χ1n) is 8.58. The highest BCUT2D eigenvalue weighted by Crippen LogP contribution is 2.27. The van der Waals surface area contributed by atoms with Crippen LogP contribution in [0.5, 0.6) is 5.75 Å². The van der Waals surface area contributed by atoms with Gasteiger partial charge in [0, 0.05) is 24.5 Å². The molecule has 0 bridgehead atoms. The number of methoxy groups -OCH3 is 1. The van der Waals surface area contributed by atoms with Gasteiger partial charge in [-0.2, -0.15) is 0 Å². The normalized spacial score (nSPS) is 14.9. The van der Waals surface area contributed by atoms with Crippen LogP contribution < -0.4 is 20.7 Å². The number of nitrogens with two attached hydrogens (primary N) is 1. The van der Waals surface area contributed by atoms with Crippen LogP contribution in [0.15, 0.2) is 41.4 Å². The summed E-state index contributed by atoms with van der Waals surface area (Å²) < 4.78 is 24.2. The molecule has 1 aliphatic heterocycles. The molecule has 0 aromatic heterocycles. The summed E-state index contributed by atoms with van der Waals surface area (Å²) in [5.74, 6) is 0.492. The van der Waals surface area contributed by atoms with E-state index in [4.69, 9.17) is 26.8 Å². The third-order valence-corrected chi connectivity index (χ3v) is 4.53. The number of nitrogens with one attached hydrogen (secondary N) is 1. The van der Waals surface area contributed by atoms with Crippen molar-refractivity contribution in [3.05, 3.63) is 52.8 Å². The fourth-order valence-electron chi connectivity index (χ4n) is 2.90. The van der Waals surface area contributed by atoms with E-state index < -0.39 is 0 Å². The zero-order valence-corrected chi connectivity index (χ0v) is 15.8. The second-order valence-corrected chi connectivity index (χ2v) is 6.46. The predicted octanol–water partition coefficient (Wildman–Crippen LogP) is 3.25. The van der Waals surface area contributed by atoms with Crippen molar-refractivity contribution >= 4 is 28.9 Å². The van der Waals surface area contributed by atoms with Crippen LogP contribution in [0.4, 0.5) is 15.8 Å². The largest absolute Gasteiger partial charge is 0.495 e. The summed E-state index contributed by atoms with van der Waals surface area (Å²) in [5.41, 5.74) is 8.39. The van der Waals surface area contributed by atoms with Crippen molar-refractivity contribution in [3.8, 4) is 5.75 Å². The molecule has 1 saturated heterocycles. The van der Waals surface area contributed by atoms with E-state index in [1.807, 2.05) is 0 Å². The first kappa shape index (κ1) is 19.3. The molecule has 0 aliphatic carbocycles. The number of guanidine groups is 1. The summed E-state index contributed by atoms with van der Waals surface area (Å²) in [6.45, 7) is 3.10. The first-order valence-corrected chi connectivity index (χ1v) is 8.96. The van der Waals surface area contributed by atoms with E-state index in [0.29, 0.717) is 29.7 Å². The Morgan fingerprint density at radius 2 is 2.07 bits per heavy atom. The number of morpholine rings is 1. The van der Waals surface area contributed by atoms with E-state index in [1.165, 1.54) is 12.1 Å². The molecule has 6 nitrogen and oxygen atoms in total. The molecule has 1 heterocycles. The Bertz CT molecular complexity index is 825. The Balaban J connectivity index is 1.72. The molecule has 8 heteroatoms. The number of nitrogens with zero attached hydrogens (tertiary/aromatic N) is 2. The van der Waals surface area contributed by atoms with Gasteiger partial charge in [-0.05, 0) is 42.0 Å². The Hall–Kier alpha value is -2.51. The monoisotopic (exact) mass is 392 g/mol. The minimum absolute atomic E-state index is 0.216. The second-order valence-electron chi connectivity index (χ2n) is 6.05. The van der Waals surface area contributed by atoms with E-state index in [2.05, 4.69) is 15.2 Å². The topological polar surface area (TPSA) is 72.1 Å². The summed E-state index contributed by atoms with van der Waals surface area (Å²) >= 11 is 6.11. The third kappa shape index (κ3) is 5.02. The molecule has 3 rings (SSSR count). The molecule has 0 saturated carbocycles. The molecule has 0 atom stereocenters. The number of rotatable bonds is 5. The van der Waals surface area contributed by atoms with E-state index in [9.17, 15) is 4.39 Å². The van der Waals surface area contributed by atoms with Gasteiger partial charge < -0.3 is 25.4 Å². The lowest BCUT2D eigenvalue weighted by Gasteiger charge is -2.30. The van der Waals surface area contributed by atoms with Gasteiger partial charge >= 0.3 is 0 Å². The van der Waals surface area contributed by atoms with Gasteiger partial charge in [-0.1, -0.05) is 11.6 Å². The summed E-state index contributed by atoms with van der Waals surface area (Å²) in [7, 11) is 1.55. The van der Waals surface area contributed by atoms with Crippen LogP contribution in [0, 0.1) is 5.82 Å². The van der Waals surface area contributed by atoms with Gasteiger partial charge in [-0.3, -0.25) is 0 Å². The zero-order chi connectivity index (χ0) is 19.2. The first-order chi connectivity index (χ1) is 13.1. The fraction of sp³-hybridized carbons (Fsp3) is 0.316. The van der Waals surface area contributed by atoms with Crippen LogP contribution >= 0.6 is 11.6 Å². The number of hydrogen-bond donors (Lipinski definition) is 2. The Morgan fingerprint density at radius 3 is 2.78 bits per heavy atom.